The van der Waals surface area contributed by atoms with Crippen molar-refractivity contribution in [2.24, 2.45) is 0 Å². The summed E-state index contributed by atoms with van der Waals surface area (Å²) in [5.74, 6) is 2.14. The molecular formula is C14H12BrClO. The number of aryl methyl sites for hydroxylation is 1. The van der Waals surface area contributed by atoms with Crippen molar-refractivity contribution >= 4 is 27.5 Å². The van der Waals surface area contributed by atoms with Gasteiger partial charge in [-0.1, -0.05) is 18.2 Å². The summed E-state index contributed by atoms with van der Waals surface area (Å²) in [4.78, 5) is 0. The fourth-order valence-corrected chi connectivity index (χ4v) is 2.19. The Kier molecular flexibility index (Phi) is 4.08. The van der Waals surface area contributed by atoms with Crippen LogP contribution in [0.2, 0.25) is 0 Å². The maximum absolute atomic E-state index is 5.80. The second kappa shape index (κ2) is 5.56. The first-order valence-electron chi connectivity index (χ1n) is 5.28. The van der Waals surface area contributed by atoms with Gasteiger partial charge in [0.15, 0.2) is 0 Å². The highest BCUT2D eigenvalue weighted by molar-refractivity contribution is 9.10. The van der Waals surface area contributed by atoms with Gasteiger partial charge < -0.3 is 4.74 Å². The number of alkyl halides is 1. The highest BCUT2D eigenvalue weighted by atomic mass is 79.9. The molecule has 0 saturated heterocycles. The van der Waals surface area contributed by atoms with Gasteiger partial charge in [-0.15, -0.1) is 11.6 Å². The number of halogens is 2. The van der Waals surface area contributed by atoms with E-state index in [4.69, 9.17) is 16.3 Å². The van der Waals surface area contributed by atoms with Gasteiger partial charge in [0, 0.05) is 5.88 Å². The van der Waals surface area contributed by atoms with Crippen LogP contribution >= 0.6 is 27.5 Å². The normalized spacial score (nSPS) is 10.3. The molecule has 0 fully saturated rings. The zero-order valence-corrected chi connectivity index (χ0v) is 11.8. The Bertz CT molecular complexity index is 525. The van der Waals surface area contributed by atoms with Crippen molar-refractivity contribution in [2.75, 3.05) is 0 Å². The third-order valence-electron chi connectivity index (χ3n) is 2.37. The summed E-state index contributed by atoms with van der Waals surface area (Å²) in [6.45, 7) is 2.04. The second-order valence-corrected chi connectivity index (χ2v) is 4.94. The van der Waals surface area contributed by atoms with Crippen LogP contribution in [0.4, 0.5) is 0 Å². The highest BCUT2D eigenvalue weighted by Gasteiger charge is 2.04. The summed E-state index contributed by atoms with van der Waals surface area (Å²) in [5, 5.41) is 0. The van der Waals surface area contributed by atoms with Crippen molar-refractivity contribution in [1.82, 2.24) is 0 Å². The van der Waals surface area contributed by atoms with E-state index in [2.05, 4.69) is 15.9 Å². The lowest BCUT2D eigenvalue weighted by Crippen LogP contribution is -1.87. The minimum absolute atomic E-state index is 0.503. The van der Waals surface area contributed by atoms with Gasteiger partial charge in [0.25, 0.3) is 0 Å². The van der Waals surface area contributed by atoms with E-state index in [9.17, 15) is 0 Å². The minimum atomic E-state index is 0.503. The summed E-state index contributed by atoms with van der Waals surface area (Å²) in [7, 11) is 0. The standard InChI is InChI=1S/C14H12BrClO/c1-10-3-2-4-12(7-10)17-14-6-5-11(9-16)8-13(14)15/h2-8H,9H2,1H3. The Balaban J connectivity index is 2.24. The van der Waals surface area contributed by atoms with Crippen LogP contribution in [0.5, 0.6) is 11.5 Å². The van der Waals surface area contributed by atoms with Crippen molar-refractivity contribution in [3.8, 4) is 11.5 Å². The van der Waals surface area contributed by atoms with E-state index in [1.54, 1.807) is 0 Å². The molecule has 0 bridgehead atoms. The Hall–Kier alpha value is -0.990. The van der Waals surface area contributed by atoms with E-state index in [1.807, 2.05) is 49.4 Å². The minimum Gasteiger partial charge on any atom is -0.456 e. The molecule has 0 radical (unpaired) electrons. The molecule has 0 unspecified atom stereocenters. The van der Waals surface area contributed by atoms with Gasteiger partial charge in [-0.05, 0) is 58.2 Å². The monoisotopic (exact) mass is 310 g/mol. The van der Waals surface area contributed by atoms with E-state index in [0.29, 0.717) is 5.88 Å². The van der Waals surface area contributed by atoms with Crippen LogP contribution in [0.3, 0.4) is 0 Å². The lowest BCUT2D eigenvalue weighted by atomic mass is 10.2. The molecule has 0 spiro atoms. The Morgan fingerprint density at radius 1 is 1.18 bits per heavy atom. The topological polar surface area (TPSA) is 9.23 Å². The fourth-order valence-electron chi connectivity index (χ4n) is 1.52. The Labute approximate surface area is 115 Å². The molecule has 17 heavy (non-hydrogen) atoms. The van der Waals surface area contributed by atoms with Crippen molar-refractivity contribution in [3.05, 3.63) is 58.1 Å². The van der Waals surface area contributed by atoms with Gasteiger partial charge in [0.05, 0.1) is 4.47 Å². The largest absolute Gasteiger partial charge is 0.456 e. The van der Waals surface area contributed by atoms with Crippen molar-refractivity contribution in [2.45, 2.75) is 12.8 Å². The smallest absolute Gasteiger partial charge is 0.141 e. The Morgan fingerprint density at radius 3 is 2.65 bits per heavy atom. The summed E-state index contributed by atoms with van der Waals surface area (Å²) in [5.41, 5.74) is 2.24. The molecule has 88 valence electrons. The molecule has 3 heteroatoms. The number of benzene rings is 2. The SMILES string of the molecule is Cc1cccc(Oc2ccc(CCl)cc2Br)c1. The number of rotatable bonds is 3. The van der Waals surface area contributed by atoms with Crippen LogP contribution < -0.4 is 4.74 Å². The predicted octanol–water partition coefficient (Wildman–Crippen LogP) is 5.29. The molecule has 0 heterocycles. The number of hydrogen-bond acceptors (Lipinski definition) is 1. The van der Waals surface area contributed by atoms with E-state index < -0.39 is 0 Å². The number of hydrogen-bond donors (Lipinski definition) is 0. The maximum atomic E-state index is 5.80. The van der Waals surface area contributed by atoms with Gasteiger partial charge in [0.2, 0.25) is 0 Å². The van der Waals surface area contributed by atoms with Crippen molar-refractivity contribution < 1.29 is 4.74 Å². The first kappa shape index (κ1) is 12.5. The first-order chi connectivity index (χ1) is 8.19. The molecule has 2 aromatic carbocycles. The van der Waals surface area contributed by atoms with E-state index in [1.165, 1.54) is 5.56 Å². The molecule has 1 nitrogen and oxygen atoms in total. The predicted molar refractivity (Wildman–Crippen MR) is 75.0 cm³/mol. The molecule has 2 aromatic rings. The van der Waals surface area contributed by atoms with Crippen molar-refractivity contribution in [3.63, 3.8) is 0 Å². The zero-order chi connectivity index (χ0) is 12.3. The van der Waals surface area contributed by atoms with Crippen LogP contribution in [0.25, 0.3) is 0 Å². The molecule has 0 N–H and O–H groups in total. The van der Waals surface area contributed by atoms with Crippen molar-refractivity contribution in [1.29, 1.82) is 0 Å². The van der Waals surface area contributed by atoms with Crippen LogP contribution in [-0.2, 0) is 5.88 Å². The van der Waals surface area contributed by atoms with Gasteiger partial charge in [-0.2, -0.15) is 0 Å². The van der Waals surface area contributed by atoms with Crippen LogP contribution in [-0.4, -0.2) is 0 Å². The van der Waals surface area contributed by atoms with Gasteiger partial charge in [-0.3, -0.25) is 0 Å². The van der Waals surface area contributed by atoms with E-state index >= 15 is 0 Å². The lowest BCUT2D eigenvalue weighted by Gasteiger charge is -2.09. The quantitative estimate of drug-likeness (QED) is 0.700. The van der Waals surface area contributed by atoms with Gasteiger partial charge in [0.1, 0.15) is 11.5 Å². The van der Waals surface area contributed by atoms with Crippen LogP contribution in [0, 0.1) is 6.92 Å². The zero-order valence-electron chi connectivity index (χ0n) is 9.41. The number of ether oxygens (including phenoxy) is 1. The molecule has 0 aliphatic carbocycles. The summed E-state index contributed by atoms with van der Waals surface area (Å²) in [6, 6.07) is 13.8. The molecule has 0 amide bonds. The first-order valence-corrected chi connectivity index (χ1v) is 6.60. The molecule has 0 aliphatic rings. The summed E-state index contributed by atoms with van der Waals surface area (Å²) >= 11 is 9.25. The molecule has 0 saturated carbocycles. The molecule has 0 aliphatic heterocycles. The maximum Gasteiger partial charge on any atom is 0.141 e. The van der Waals surface area contributed by atoms with Gasteiger partial charge >= 0.3 is 0 Å². The third kappa shape index (κ3) is 3.24. The lowest BCUT2D eigenvalue weighted by molar-refractivity contribution is 0.479. The second-order valence-electron chi connectivity index (χ2n) is 3.82. The average molecular weight is 312 g/mol. The van der Waals surface area contributed by atoms with E-state index in [-0.39, 0.29) is 0 Å². The average Bonchev–Trinajstić information content (AvgIpc) is 2.32. The molecule has 0 atom stereocenters. The summed E-state index contributed by atoms with van der Waals surface area (Å²) < 4.78 is 6.71. The van der Waals surface area contributed by atoms with Gasteiger partial charge in [-0.25, -0.2) is 0 Å². The molecular weight excluding hydrogens is 300 g/mol. The fraction of sp³-hybridized carbons (Fsp3) is 0.143. The molecule has 0 aromatic heterocycles. The summed E-state index contributed by atoms with van der Waals surface area (Å²) in [6.07, 6.45) is 0. The third-order valence-corrected chi connectivity index (χ3v) is 3.30. The Morgan fingerprint density at radius 2 is 2.00 bits per heavy atom. The van der Waals surface area contributed by atoms with E-state index in [0.717, 1.165) is 21.5 Å². The molecule has 2 rings (SSSR count). The van der Waals surface area contributed by atoms with Crippen LogP contribution in [0.1, 0.15) is 11.1 Å². The highest BCUT2D eigenvalue weighted by Crippen LogP contribution is 2.31. The van der Waals surface area contributed by atoms with Crippen LogP contribution in [0.15, 0.2) is 46.9 Å².